The number of hydrogen-bond donors (Lipinski definition) is 1. The van der Waals surface area contributed by atoms with Crippen LogP contribution in [0.25, 0.3) is 0 Å². The van der Waals surface area contributed by atoms with Crippen LogP contribution < -0.4 is 10.1 Å². The van der Waals surface area contributed by atoms with Crippen LogP contribution in [0.15, 0.2) is 29.2 Å². The molecule has 0 spiro atoms. The van der Waals surface area contributed by atoms with Gasteiger partial charge in [-0.15, -0.1) is 0 Å². The molecule has 20 heavy (non-hydrogen) atoms. The number of benzene rings is 1. The fourth-order valence-corrected chi connectivity index (χ4v) is 4.15. The molecule has 0 aliphatic carbocycles. The Bertz CT molecular complexity index is 600. The Morgan fingerprint density at radius 1 is 1.40 bits per heavy atom. The lowest BCUT2D eigenvalue weighted by Gasteiger charge is -2.33. The number of amides is 1. The van der Waals surface area contributed by atoms with Crippen molar-refractivity contribution in [3.63, 3.8) is 0 Å². The molecule has 6 nitrogen and oxygen atoms in total. The molecule has 1 unspecified atom stereocenters. The zero-order valence-electron chi connectivity index (χ0n) is 11.5. The van der Waals surface area contributed by atoms with Gasteiger partial charge in [0.15, 0.2) is 0 Å². The second-order valence-corrected chi connectivity index (χ2v) is 6.34. The molecule has 1 fully saturated rings. The summed E-state index contributed by atoms with van der Waals surface area (Å²) in [4.78, 5) is 11.9. The van der Waals surface area contributed by atoms with Crippen LogP contribution in [0.2, 0.25) is 0 Å². The molecule has 1 N–H and O–H groups in total. The van der Waals surface area contributed by atoms with Crippen molar-refractivity contribution in [2.24, 2.45) is 0 Å². The Hall–Kier alpha value is -1.60. The number of carbonyl (C=O) groups excluding carboxylic acids is 1. The standard InChI is InChI=1S/C13H18N2O4S/c1-3-10-13(16)14-8-9-15(10)20(17,18)12-7-5-4-6-11(12)19-2/h4-7,10H,3,8-9H2,1-2H3,(H,14,16). The highest BCUT2D eigenvalue weighted by molar-refractivity contribution is 7.89. The number of carbonyl (C=O) groups is 1. The molecule has 7 heteroatoms. The predicted octanol–water partition coefficient (Wildman–Crippen LogP) is 0.594. The minimum absolute atomic E-state index is 0.0932. The summed E-state index contributed by atoms with van der Waals surface area (Å²) in [6.07, 6.45) is 0.431. The van der Waals surface area contributed by atoms with E-state index in [9.17, 15) is 13.2 Å². The number of ether oxygens (including phenoxy) is 1. The monoisotopic (exact) mass is 298 g/mol. The molecule has 1 heterocycles. The summed E-state index contributed by atoms with van der Waals surface area (Å²) in [6.45, 7) is 2.38. The minimum atomic E-state index is -3.75. The quantitative estimate of drug-likeness (QED) is 0.883. The third-order valence-corrected chi connectivity index (χ3v) is 5.27. The number of hydrogen-bond acceptors (Lipinski definition) is 4. The number of methoxy groups -OCH3 is 1. The minimum Gasteiger partial charge on any atom is -0.495 e. The fourth-order valence-electron chi connectivity index (χ4n) is 2.33. The summed E-state index contributed by atoms with van der Waals surface area (Å²) in [5, 5.41) is 2.69. The zero-order chi connectivity index (χ0) is 14.8. The number of nitrogens with one attached hydrogen (secondary N) is 1. The molecule has 1 saturated heterocycles. The Morgan fingerprint density at radius 3 is 2.75 bits per heavy atom. The largest absolute Gasteiger partial charge is 0.495 e. The molecule has 1 aromatic carbocycles. The van der Waals surface area contributed by atoms with Crippen LogP contribution in [0, 0.1) is 0 Å². The summed E-state index contributed by atoms with van der Waals surface area (Å²) >= 11 is 0. The van der Waals surface area contributed by atoms with Crippen molar-refractivity contribution in [1.29, 1.82) is 0 Å². The third kappa shape index (κ3) is 2.51. The number of sulfonamides is 1. The van der Waals surface area contributed by atoms with Gasteiger partial charge in [0.1, 0.15) is 16.7 Å². The fraction of sp³-hybridized carbons (Fsp3) is 0.462. The van der Waals surface area contributed by atoms with Gasteiger partial charge >= 0.3 is 0 Å². The molecule has 0 saturated carbocycles. The number of nitrogens with zero attached hydrogens (tertiary/aromatic N) is 1. The summed E-state index contributed by atoms with van der Waals surface area (Å²) in [7, 11) is -2.33. The molecule has 110 valence electrons. The van der Waals surface area contributed by atoms with Gasteiger partial charge < -0.3 is 10.1 Å². The van der Waals surface area contributed by atoms with Crippen molar-refractivity contribution in [3.05, 3.63) is 24.3 Å². The topological polar surface area (TPSA) is 75.7 Å². The first-order valence-electron chi connectivity index (χ1n) is 6.45. The van der Waals surface area contributed by atoms with Gasteiger partial charge in [0, 0.05) is 13.1 Å². The second kappa shape index (κ2) is 5.80. The Morgan fingerprint density at radius 2 is 2.10 bits per heavy atom. The number of para-hydroxylation sites is 1. The van der Waals surface area contributed by atoms with E-state index in [0.29, 0.717) is 13.0 Å². The molecule has 0 aromatic heterocycles. The van der Waals surface area contributed by atoms with Crippen molar-refractivity contribution < 1.29 is 17.9 Å². The van der Waals surface area contributed by atoms with Gasteiger partial charge in [-0.1, -0.05) is 19.1 Å². The van der Waals surface area contributed by atoms with Crippen LogP contribution in [-0.2, 0) is 14.8 Å². The molecule has 1 amide bonds. The van der Waals surface area contributed by atoms with Crippen molar-refractivity contribution in [3.8, 4) is 5.75 Å². The van der Waals surface area contributed by atoms with E-state index in [4.69, 9.17) is 4.74 Å². The van der Waals surface area contributed by atoms with E-state index in [1.807, 2.05) is 0 Å². The van der Waals surface area contributed by atoms with E-state index in [0.717, 1.165) is 0 Å². The van der Waals surface area contributed by atoms with Gasteiger partial charge in [0.25, 0.3) is 0 Å². The van der Waals surface area contributed by atoms with E-state index in [1.165, 1.54) is 17.5 Å². The zero-order valence-corrected chi connectivity index (χ0v) is 12.3. The Labute approximate surface area is 118 Å². The van der Waals surface area contributed by atoms with Crippen LogP contribution in [0.5, 0.6) is 5.75 Å². The van der Waals surface area contributed by atoms with Gasteiger partial charge in [0.2, 0.25) is 15.9 Å². The van der Waals surface area contributed by atoms with Gasteiger partial charge in [0.05, 0.1) is 7.11 Å². The molecule has 0 radical (unpaired) electrons. The van der Waals surface area contributed by atoms with Gasteiger partial charge in [-0.2, -0.15) is 4.31 Å². The Balaban J connectivity index is 2.46. The molecule has 0 bridgehead atoms. The highest BCUT2D eigenvalue weighted by Crippen LogP contribution is 2.28. The summed E-state index contributed by atoms with van der Waals surface area (Å²) in [5.74, 6) is 0.0329. The lowest BCUT2D eigenvalue weighted by atomic mass is 10.2. The van der Waals surface area contributed by atoms with Gasteiger partial charge in [-0.25, -0.2) is 8.42 Å². The SMILES string of the molecule is CCC1C(=O)NCCN1S(=O)(=O)c1ccccc1OC. The van der Waals surface area contributed by atoms with Crippen molar-refractivity contribution in [1.82, 2.24) is 9.62 Å². The van der Waals surface area contributed by atoms with Crippen LogP contribution >= 0.6 is 0 Å². The molecule has 1 aliphatic heterocycles. The highest BCUT2D eigenvalue weighted by Gasteiger charge is 2.38. The number of rotatable bonds is 4. The van der Waals surface area contributed by atoms with E-state index >= 15 is 0 Å². The van der Waals surface area contributed by atoms with Crippen LogP contribution in [0.4, 0.5) is 0 Å². The maximum Gasteiger partial charge on any atom is 0.247 e. The average molecular weight is 298 g/mol. The first-order valence-corrected chi connectivity index (χ1v) is 7.89. The van der Waals surface area contributed by atoms with Crippen molar-refractivity contribution in [2.45, 2.75) is 24.3 Å². The molecular weight excluding hydrogens is 280 g/mol. The van der Waals surface area contributed by atoms with Crippen LogP contribution in [0.1, 0.15) is 13.3 Å². The van der Waals surface area contributed by atoms with E-state index in [1.54, 1.807) is 25.1 Å². The van der Waals surface area contributed by atoms with Crippen molar-refractivity contribution in [2.75, 3.05) is 20.2 Å². The first-order chi connectivity index (χ1) is 9.52. The van der Waals surface area contributed by atoms with E-state index < -0.39 is 16.1 Å². The van der Waals surface area contributed by atoms with Crippen LogP contribution in [0.3, 0.4) is 0 Å². The van der Waals surface area contributed by atoms with Crippen LogP contribution in [-0.4, -0.2) is 44.9 Å². The van der Waals surface area contributed by atoms with Crippen molar-refractivity contribution >= 4 is 15.9 Å². The van der Waals surface area contributed by atoms with E-state index in [2.05, 4.69) is 5.32 Å². The summed E-state index contributed by atoms with van der Waals surface area (Å²) in [6, 6.07) is 5.77. The molecular formula is C13H18N2O4S. The van der Waals surface area contributed by atoms with Gasteiger partial charge in [-0.05, 0) is 18.6 Å². The molecule has 1 aromatic rings. The Kier molecular flexibility index (Phi) is 4.29. The lowest BCUT2D eigenvalue weighted by Crippen LogP contribution is -2.56. The summed E-state index contributed by atoms with van der Waals surface area (Å²) in [5.41, 5.74) is 0. The number of piperazine rings is 1. The summed E-state index contributed by atoms with van der Waals surface area (Å²) < 4.78 is 31.9. The van der Waals surface area contributed by atoms with E-state index in [-0.39, 0.29) is 23.1 Å². The third-order valence-electron chi connectivity index (χ3n) is 3.32. The molecule has 2 rings (SSSR count). The maximum atomic E-state index is 12.7. The average Bonchev–Trinajstić information content (AvgIpc) is 2.46. The second-order valence-electron chi connectivity index (χ2n) is 4.48. The highest BCUT2D eigenvalue weighted by atomic mass is 32.2. The van der Waals surface area contributed by atoms with Gasteiger partial charge in [-0.3, -0.25) is 4.79 Å². The first kappa shape index (κ1) is 14.8. The lowest BCUT2D eigenvalue weighted by molar-refractivity contribution is -0.126. The predicted molar refractivity (Wildman–Crippen MR) is 74.0 cm³/mol. The maximum absolute atomic E-state index is 12.7. The smallest absolute Gasteiger partial charge is 0.247 e. The molecule has 1 atom stereocenters. The molecule has 1 aliphatic rings. The normalized spacial score (nSPS) is 20.5.